The highest BCUT2D eigenvalue weighted by molar-refractivity contribution is 5.94. The average molecular weight is 390 g/mol. The molecule has 1 fully saturated rings. The van der Waals surface area contributed by atoms with Crippen LogP contribution >= 0.6 is 0 Å². The van der Waals surface area contributed by atoms with E-state index in [4.69, 9.17) is 4.74 Å². The van der Waals surface area contributed by atoms with Crippen molar-refractivity contribution in [3.05, 3.63) is 81.1 Å². The summed E-state index contributed by atoms with van der Waals surface area (Å²) < 4.78 is 5.76. The van der Waals surface area contributed by atoms with E-state index in [9.17, 15) is 9.59 Å². The van der Waals surface area contributed by atoms with Crippen LogP contribution in [0.25, 0.3) is 10.9 Å². The van der Waals surface area contributed by atoms with Crippen molar-refractivity contribution in [2.24, 2.45) is 0 Å². The number of benzene rings is 2. The van der Waals surface area contributed by atoms with E-state index in [1.54, 1.807) is 4.90 Å². The predicted molar refractivity (Wildman–Crippen MR) is 114 cm³/mol. The molecular formula is C24H26N2O3. The van der Waals surface area contributed by atoms with Crippen molar-refractivity contribution in [3.8, 4) is 0 Å². The van der Waals surface area contributed by atoms with Gasteiger partial charge in [-0.3, -0.25) is 9.59 Å². The Morgan fingerprint density at radius 3 is 2.69 bits per heavy atom. The number of aromatic nitrogens is 1. The van der Waals surface area contributed by atoms with E-state index < -0.39 is 0 Å². The summed E-state index contributed by atoms with van der Waals surface area (Å²) in [7, 11) is 0. The van der Waals surface area contributed by atoms with E-state index >= 15 is 0 Å². The van der Waals surface area contributed by atoms with Crippen molar-refractivity contribution < 1.29 is 9.53 Å². The maximum absolute atomic E-state index is 13.2. The van der Waals surface area contributed by atoms with Crippen LogP contribution in [0.1, 0.15) is 39.9 Å². The van der Waals surface area contributed by atoms with Crippen LogP contribution in [0, 0.1) is 13.8 Å². The lowest BCUT2D eigenvalue weighted by atomic mass is 10.0. The third-order valence-electron chi connectivity index (χ3n) is 5.51. The molecule has 1 amide bonds. The van der Waals surface area contributed by atoms with Crippen LogP contribution in [0.4, 0.5) is 0 Å². The molecule has 5 heteroatoms. The Hall–Kier alpha value is -2.92. The topological polar surface area (TPSA) is 62.4 Å². The summed E-state index contributed by atoms with van der Waals surface area (Å²) in [5, 5.41) is 1.01. The number of carbonyl (C=O) groups excluding carboxylic acids is 1. The van der Waals surface area contributed by atoms with Gasteiger partial charge in [-0.1, -0.05) is 24.3 Å². The first-order valence-corrected chi connectivity index (χ1v) is 10.1. The van der Waals surface area contributed by atoms with Crippen molar-refractivity contribution in [2.75, 3.05) is 13.2 Å². The molecule has 1 atom stereocenters. The summed E-state index contributed by atoms with van der Waals surface area (Å²) in [6.45, 7) is 5.52. The second-order valence-electron chi connectivity index (χ2n) is 7.85. The van der Waals surface area contributed by atoms with Crippen LogP contribution < -0.4 is 5.56 Å². The van der Waals surface area contributed by atoms with Crippen molar-refractivity contribution in [2.45, 2.75) is 39.3 Å². The number of ether oxygens (including phenoxy) is 1. The summed E-state index contributed by atoms with van der Waals surface area (Å²) in [6, 6.07) is 15.2. The molecule has 1 saturated heterocycles. The molecule has 0 saturated carbocycles. The Morgan fingerprint density at radius 1 is 1.17 bits per heavy atom. The number of amides is 1. The van der Waals surface area contributed by atoms with Gasteiger partial charge in [0.25, 0.3) is 11.5 Å². The number of rotatable bonds is 5. The van der Waals surface area contributed by atoms with Gasteiger partial charge in [-0.25, -0.2) is 0 Å². The van der Waals surface area contributed by atoms with Gasteiger partial charge in [-0.05, 0) is 62.1 Å². The molecule has 0 bridgehead atoms. The van der Waals surface area contributed by atoms with Crippen LogP contribution in [-0.4, -0.2) is 35.0 Å². The fourth-order valence-electron chi connectivity index (χ4n) is 4.06. The number of nitrogens with one attached hydrogen (secondary N) is 1. The van der Waals surface area contributed by atoms with E-state index in [0.717, 1.165) is 41.5 Å². The number of carbonyl (C=O) groups is 1. The molecule has 0 unspecified atom stereocenters. The first-order valence-electron chi connectivity index (χ1n) is 10.1. The summed E-state index contributed by atoms with van der Waals surface area (Å²) in [6.07, 6.45) is 1.96. The SMILES string of the molecule is Cc1cc(C)c2cc(CN(C[C@@H]3CCCO3)C(=O)c3ccccc3)c(=O)[nH]c2c1. The number of pyridine rings is 1. The maximum Gasteiger partial charge on any atom is 0.254 e. The molecule has 3 aromatic rings. The number of nitrogens with zero attached hydrogens (tertiary/aromatic N) is 1. The van der Waals surface area contributed by atoms with E-state index in [-0.39, 0.29) is 24.1 Å². The second kappa shape index (κ2) is 8.21. The number of H-pyrrole nitrogens is 1. The summed E-state index contributed by atoms with van der Waals surface area (Å²) in [4.78, 5) is 30.7. The second-order valence-corrected chi connectivity index (χ2v) is 7.85. The average Bonchev–Trinajstić information content (AvgIpc) is 3.21. The van der Waals surface area contributed by atoms with E-state index in [0.29, 0.717) is 17.7 Å². The molecule has 0 radical (unpaired) electrons. The van der Waals surface area contributed by atoms with Crippen molar-refractivity contribution in [1.29, 1.82) is 0 Å². The first kappa shape index (κ1) is 19.4. The van der Waals surface area contributed by atoms with Gasteiger partial charge in [-0.2, -0.15) is 0 Å². The van der Waals surface area contributed by atoms with Gasteiger partial charge in [0.1, 0.15) is 0 Å². The molecule has 2 aromatic carbocycles. The minimum Gasteiger partial charge on any atom is -0.376 e. The monoisotopic (exact) mass is 390 g/mol. The molecule has 1 aliphatic heterocycles. The summed E-state index contributed by atoms with van der Waals surface area (Å²) >= 11 is 0. The first-order chi connectivity index (χ1) is 14.0. The number of hydrogen-bond donors (Lipinski definition) is 1. The van der Waals surface area contributed by atoms with Crippen molar-refractivity contribution in [1.82, 2.24) is 9.88 Å². The lowest BCUT2D eigenvalue weighted by Gasteiger charge is -2.25. The molecule has 1 aromatic heterocycles. The Balaban J connectivity index is 1.68. The lowest BCUT2D eigenvalue weighted by molar-refractivity contribution is 0.0506. The Kier molecular flexibility index (Phi) is 5.49. The highest BCUT2D eigenvalue weighted by atomic mass is 16.5. The quantitative estimate of drug-likeness (QED) is 0.717. The normalized spacial score (nSPS) is 16.3. The van der Waals surface area contributed by atoms with Gasteiger partial charge in [0.2, 0.25) is 0 Å². The zero-order chi connectivity index (χ0) is 20.4. The molecule has 5 nitrogen and oxygen atoms in total. The Labute approximate surface area is 170 Å². The minimum absolute atomic E-state index is 0.0200. The molecular weight excluding hydrogens is 364 g/mol. The highest BCUT2D eigenvalue weighted by Gasteiger charge is 2.24. The summed E-state index contributed by atoms with van der Waals surface area (Å²) in [5.74, 6) is -0.0822. The molecule has 2 heterocycles. The Morgan fingerprint density at radius 2 is 1.97 bits per heavy atom. The zero-order valence-electron chi connectivity index (χ0n) is 16.9. The molecule has 150 valence electrons. The number of aromatic amines is 1. The summed E-state index contributed by atoms with van der Waals surface area (Å²) in [5.41, 5.74) is 4.11. The maximum atomic E-state index is 13.2. The zero-order valence-corrected chi connectivity index (χ0v) is 16.9. The standard InChI is InChI=1S/C24H26N2O3/c1-16-11-17(2)21-13-19(23(27)25-22(21)12-16)14-26(15-20-9-6-10-29-20)24(28)18-7-4-3-5-8-18/h3-5,7-8,11-13,20H,6,9-10,14-15H2,1-2H3,(H,25,27)/t20-/m0/s1. The molecule has 1 aliphatic rings. The fourth-order valence-corrected chi connectivity index (χ4v) is 4.06. The van der Waals surface area contributed by atoms with Gasteiger partial charge in [0.05, 0.1) is 12.6 Å². The highest BCUT2D eigenvalue weighted by Crippen LogP contribution is 2.21. The van der Waals surface area contributed by atoms with Gasteiger partial charge in [0.15, 0.2) is 0 Å². The van der Waals surface area contributed by atoms with Crippen LogP contribution in [0.2, 0.25) is 0 Å². The lowest BCUT2D eigenvalue weighted by Crippen LogP contribution is -2.38. The number of hydrogen-bond acceptors (Lipinski definition) is 3. The smallest absolute Gasteiger partial charge is 0.254 e. The van der Waals surface area contributed by atoms with Crippen LogP contribution in [-0.2, 0) is 11.3 Å². The van der Waals surface area contributed by atoms with Gasteiger partial charge in [0, 0.05) is 35.2 Å². The number of fused-ring (bicyclic) bond motifs is 1. The van der Waals surface area contributed by atoms with Crippen LogP contribution in [0.5, 0.6) is 0 Å². The van der Waals surface area contributed by atoms with Gasteiger partial charge in [-0.15, -0.1) is 0 Å². The number of aryl methyl sites for hydroxylation is 2. The van der Waals surface area contributed by atoms with E-state index in [2.05, 4.69) is 11.1 Å². The van der Waals surface area contributed by atoms with Crippen LogP contribution in [0.15, 0.2) is 53.3 Å². The van der Waals surface area contributed by atoms with Crippen molar-refractivity contribution in [3.63, 3.8) is 0 Å². The molecule has 0 spiro atoms. The molecule has 1 N–H and O–H groups in total. The molecule has 4 rings (SSSR count). The fraction of sp³-hybridized carbons (Fsp3) is 0.333. The van der Waals surface area contributed by atoms with E-state index in [1.807, 2.05) is 56.3 Å². The third-order valence-corrected chi connectivity index (χ3v) is 5.51. The van der Waals surface area contributed by atoms with Gasteiger partial charge < -0.3 is 14.6 Å². The Bertz CT molecular complexity index is 1080. The molecule has 0 aliphatic carbocycles. The van der Waals surface area contributed by atoms with Gasteiger partial charge >= 0.3 is 0 Å². The van der Waals surface area contributed by atoms with E-state index in [1.165, 1.54) is 0 Å². The third kappa shape index (κ3) is 4.25. The minimum atomic E-state index is -0.152. The molecule has 29 heavy (non-hydrogen) atoms. The van der Waals surface area contributed by atoms with Crippen molar-refractivity contribution >= 4 is 16.8 Å². The largest absolute Gasteiger partial charge is 0.376 e. The predicted octanol–water partition coefficient (Wildman–Crippen LogP) is 3.97. The van der Waals surface area contributed by atoms with Crippen LogP contribution in [0.3, 0.4) is 0 Å².